The van der Waals surface area contributed by atoms with E-state index in [0.717, 1.165) is 0 Å². The van der Waals surface area contributed by atoms with Gasteiger partial charge in [-0.2, -0.15) is 0 Å². The smallest absolute Gasteiger partial charge is 0.313 e. The van der Waals surface area contributed by atoms with Gasteiger partial charge >= 0.3 is 5.97 Å². The Hall–Kier alpha value is -1.90. The molecule has 0 amide bonds. The second-order valence-electron chi connectivity index (χ2n) is 2.91. The Balaban J connectivity index is 4.00. The summed E-state index contributed by atoms with van der Waals surface area (Å²) in [5.41, 5.74) is 0. The number of ether oxygens (including phenoxy) is 1. The second kappa shape index (κ2) is 6.54. The Kier molecular flexibility index (Phi) is 5.71. The summed E-state index contributed by atoms with van der Waals surface area (Å²) in [6.45, 7) is 0.830. The van der Waals surface area contributed by atoms with E-state index in [-0.39, 0.29) is 18.6 Å². The lowest BCUT2D eigenvalue weighted by atomic mass is 10.2. The average molecular weight is 213 g/mol. The second-order valence-corrected chi connectivity index (χ2v) is 2.91. The van der Waals surface area contributed by atoms with Gasteiger partial charge in [0, 0.05) is 4.92 Å². The third kappa shape index (κ3) is 6.21. The van der Waals surface area contributed by atoms with Gasteiger partial charge in [0.1, 0.15) is 12.2 Å². The molecule has 0 aliphatic rings. The first-order valence-electron chi connectivity index (χ1n) is 4.19. The normalized spacial score (nSPS) is 11.2. The van der Waals surface area contributed by atoms with Crippen LogP contribution in [0.1, 0.15) is 19.8 Å². The molecule has 0 saturated carbocycles. The minimum Gasteiger partial charge on any atom is -0.458 e. The lowest BCUT2D eigenvalue weighted by Crippen LogP contribution is -2.27. The van der Waals surface area contributed by atoms with E-state index in [1.807, 2.05) is 0 Å². The molecule has 6 nitrogen and oxygen atoms in total. The molecule has 6 heteroatoms. The van der Waals surface area contributed by atoms with Crippen LogP contribution in [0.2, 0.25) is 0 Å². The molecule has 0 aromatic heterocycles. The van der Waals surface area contributed by atoms with Crippen LogP contribution in [0, 0.1) is 22.5 Å². The number of carbonyl (C=O) groups excluding carboxylic acids is 2. The van der Waals surface area contributed by atoms with E-state index in [1.54, 1.807) is 0 Å². The van der Waals surface area contributed by atoms with Crippen molar-refractivity contribution in [2.24, 2.45) is 0 Å². The topological polar surface area (TPSA) is 86.5 Å². The number of hydrogen-bond acceptors (Lipinski definition) is 5. The van der Waals surface area contributed by atoms with Crippen molar-refractivity contribution in [2.45, 2.75) is 25.8 Å². The molecule has 0 spiro atoms. The largest absolute Gasteiger partial charge is 0.458 e. The molecule has 0 aliphatic heterocycles. The highest BCUT2D eigenvalue weighted by Crippen LogP contribution is 1.98. The molecule has 0 radical (unpaired) electrons. The fourth-order valence-electron chi connectivity index (χ4n) is 0.774. The summed E-state index contributed by atoms with van der Waals surface area (Å²) in [7, 11) is 0. The first-order valence-corrected chi connectivity index (χ1v) is 4.19. The van der Waals surface area contributed by atoms with Crippen molar-refractivity contribution >= 4 is 11.8 Å². The van der Waals surface area contributed by atoms with E-state index in [0.29, 0.717) is 0 Å². The molecule has 0 aliphatic carbocycles. The first kappa shape index (κ1) is 13.1. The molecule has 0 aromatic carbocycles. The number of ketones is 1. The third-order valence-electron chi connectivity index (χ3n) is 1.48. The van der Waals surface area contributed by atoms with Gasteiger partial charge in [-0.1, -0.05) is 5.92 Å². The number of nitrogens with zero attached hydrogens (tertiary/aromatic N) is 1. The van der Waals surface area contributed by atoms with Gasteiger partial charge in [0.25, 0.3) is 6.04 Å². The van der Waals surface area contributed by atoms with Crippen LogP contribution in [-0.2, 0) is 14.3 Å². The minimum absolute atomic E-state index is 0.111. The fraction of sp³-hybridized carbons (Fsp3) is 0.556. The van der Waals surface area contributed by atoms with Crippen molar-refractivity contribution < 1.29 is 19.2 Å². The Labute approximate surface area is 86.7 Å². The predicted octanol–water partition coefficient (Wildman–Crippen LogP) is 0.177. The maximum atomic E-state index is 10.9. The Morgan fingerprint density at radius 1 is 1.60 bits per heavy atom. The SMILES string of the molecule is C#CCC(COC(=O)CC(C)=O)[N+](=O)[O-]. The van der Waals surface area contributed by atoms with Crippen molar-refractivity contribution in [3.05, 3.63) is 10.1 Å². The van der Waals surface area contributed by atoms with Crippen LogP contribution < -0.4 is 0 Å². The van der Waals surface area contributed by atoms with Crippen molar-refractivity contribution in [1.29, 1.82) is 0 Å². The summed E-state index contributed by atoms with van der Waals surface area (Å²) in [4.78, 5) is 31.1. The maximum Gasteiger partial charge on any atom is 0.313 e. The fourth-order valence-corrected chi connectivity index (χ4v) is 0.774. The van der Waals surface area contributed by atoms with Crippen LogP contribution in [0.5, 0.6) is 0 Å². The highest BCUT2D eigenvalue weighted by atomic mass is 16.6. The zero-order valence-electron chi connectivity index (χ0n) is 8.26. The molecule has 0 heterocycles. The first-order chi connectivity index (χ1) is 6.97. The summed E-state index contributed by atoms with van der Waals surface area (Å²) in [5.74, 6) is 0.990. The third-order valence-corrected chi connectivity index (χ3v) is 1.48. The maximum absolute atomic E-state index is 10.9. The van der Waals surface area contributed by atoms with Crippen LogP contribution in [0.4, 0.5) is 0 Å². The molecule has 1 atom stereocenters. The van der Waals surface area contributed by atoms with Crippen LogP contribution in [0.15, 0.2) is 0 Å². The minimum atomic E-state index is -1.11. The van der Waals surface area contributed by atoms with Crippen molar-refractivity contribution in [1.82, 2.24) is 0 Å². The summed E-state index contributed by atoms with van der Waals surface area (Å²) >= 11 is 0. The molecule has 15 heavy (non-hydrogen) atoms. The number of esters is 1. The van der Waals surface area contributed by atoms with Gasteiger partial charge in [0.05, 0.1) is 6.42 Å². The predicted molar refractivity (Wildman–Crippen MR) is 50.5 cm³/mol. The Morgan fingerprint density at radius 2 is 2.20 bits per heavy atom. The van der Waals surface area contributed by atoms with Gasteiger partial charge in [-0.05, 0) is 6.92 Å². The number of carbonyl (C=O) groups is 2. The molecule has 0 aromatic rings. The quantitative estimate of drug-likeness (QED) is 0.206. The number of nitro groups is 1. The highest BCUT2D eigenvalue weighted by Gasteiger charge is 2.21. The monoisotopic (exact) mass is 213 g/mol. The number of terminal acetylenes is 1. The van der Waals surface area contributed by atoms with E-state index < -0.39 is 23.5 Å². The molecule has 0 saturated heterocycles. The van der Waals surface area contributed by atoms with Crippen LogP contribution in [0.25, 0.3) is 0 Å². The Morgan fingerprint density at radius 3 is 2.60 bits per heavy atom. The van der Waals surface area contributed by atoms with Crippen molar-refractivity contribution in [2.75, 3.05) is 6.61 Å². The van der Waals surface area contributed by atoms with E-state index in [9.17, 15) is 19.7 Å². The van der Waals surface area contributed by atoms with Gasteiger partial charge in [0.2, 0.25) is 0 Å². The summed E-state index contributed by atoms with van der Waals surface area (Å²) in [6, 6.07) is -1.11. The summed E-state index contributed by atoms with van der Waals surface area (Å²) in [5, 5.41) is 10.4. The van der Waals surface area contributed by atoms with E-state index in [1.165, 1.54) is 6.92 Å². The van der Waals surface area contributed by atoms with Gasteiger partial charge in [-0.15, -0.1) is 6.42 Å². The van der Waals surface area contributed by atoms with Crippen LogP contribution >= 0.6 is 0 Å². The lowest BCUT2D eigenvalue weighted by molar-refractivity contribution is -0.524. The van der Waals surface area contributed by atoms with E-state index in [2.05, 4.69) is 10.7 Å². The highest BCUT2D eigenvalue weighted by molar-refractivity contribution is 5.94. The molecule has 82 valence electrons. The number of Topliss-reactive ketones (excluding diaryl/α,β-unsaturated/α-hetero) is 1. The molecule has 0 fully saturated rings. The number of hydrogen-bond donors (Lipinski definition) is 0. The molecule has 0 rings (SSSR count). The number of rotatable bonds is 6. The molecular weight excluding hydrogens is 202 g/mol. The average Bonchev–Trinajstić information content (AvgIpc) is 2.10. The van der Waals surface area contributed by atoms with Crippen LogP contribution in [-0.4, -0.2) is 29.3 Å². The zero-order chi connectivity index (χ0) is 11.8. The molecule has 0 N–H and O–H groups in total. The molecule has 1 unspecified atom stereocenters. The standard InChI is InChI=1S/C9H11NO5/c1-3-4-8(10(13)14)6-15-9(12)5-7(2)11/h1,8H,4-6H2,2H3. The van der Waals surface area contributed by atoms with Crippen molar-refractivity contribution in [3.8, 4) is 12.3 Å². The summed E-state index contributed by atoms with van der Waals surface area (Å²) in [6.07, 6.45) is 4.42. The van der Waals surface area contributed by atoms with Gasteiger partial charge in [0.15, 0.2) is 6.61 Å². The van der Waals surface area contributed by atoms with Gasteiger partial charge < -0.3 is 4.74 Å². The zero-order valence-corrected chi connectivity index (χ0v) is 8.26. The Bertz CT molecular complexity index is 304. The lowest BCUT2D eigenvalue weighted by Gasteiger charge is -2.06. The van der Waals surface area contributed by atoms with E-state index in [4.69, 9.17) is 6.42 Å². The van der Waals surface area contributed by atoms with Crippen LogP contribution in [0.3, 0.4) is 0 Å². The molecular formula is C9H11NO5. The van der Waals surface area contributed by atoms with Gasteiger partial charge in [-0.3, -0.25) is 19.7 Å². The van der Waals surface area contributed by atoms with E-state index >= 15 is 0 Å². The molecule has 0 bridgehead atoms. The summed E-state index contributed by atoms with van der Waals surface area (Å²) < 4.78 is 4.53. The van der Waals surface area contributed by atoms with Gasteiger partial charge in [-0.25, -0.2) is 0 Å². The van der Waals surface area contributed by atoms with Crippen molar-refractivity contribution in [3.63, 3.8) is 0 Å².